The number of nitrogens with one attached hydrogen (secondary N) is 1. The van der Waals surface area contributed by atoms with Crippen molar-refractivity contribution in [3.63, 3.8) is 0 Å². The van der Waals surface area contributed by atoms with Crippen LogP contribution >= 0.6 is 0 Å². The molecule has 0 saturated carbocycles. The van der Waals surface area contributed by atoms with Crippen LogP contribution in [0.5, 0.6) is 0 Å². The number of hydrogen-bond donors (Lipinski definition) is 2. The van der Waals surface area contributed by atoms with Crippen LogP contribution in [0.1, 0.15) is 27.0 Å². The molecular formula is C17H17NO4. The van der Waals surface area contributed by atoms with Gasteiger partial charge in [-0.3, -0.25) is 0 Å². The molecule has 2 aromatic carbocycles. The molecule has 5 nitrogen and oxygen atoms in total. The molecule has 0 aromatic heterocycles. The molecule has 0 bridgehead atoms. The topological polar surface area (TPSA) is 75.6 Å². The Morgan fingerprint density at radius 2 is 1.86 bits per heavy atom. The molecule has 2 rings (SSSR count). The van der Waals surface area contributed by atoms with Gasteiger partial charge in [0.15, 0.2) is 0 Å². The van der Waals surface area contributed by atoms with Crippen molar-refractivity contribution in [1.82, 2.24) is 5.32 Å². The van der Waals surface area contributed by atoms with Gasteiger partial charge in [-0.15, -0.1) is 0 Å². The molecule has 1 amide bonds. The van der Waals surface area contributed by atoms with Gasteiger partial charge in [0, 0.05) is 6.54 Å². The number of rotatable bonds is 5. The molecule has 0 saturated heterocycles. The number of benzene rings is 2. The summed E-state index contributed by atoms with van der Waals surface area (Å²) in [6.45, 7) is 2.28. The van der Waals surface area contributed by atoms with Gasteiger partial charge in [0.1, 0.15) is 6.61 Å². The number of aromatic carboxylic acids is 1. The lowest BCUT2D eigenvalue weighted by Crippen LogP contribution is -2.24. The Morgan fingerprint density at radius 1 is 1.14 bits per heavy atom. The first-order valence-corrected chi connectivity index (χ1v) is 6.83. The highest BCUT2D eigenvalue weighted by molar-refractivity contribution is 5.87. The fourth-order valence-electron chi connectivity index (χ4n) is 1.94. The number of alkyl carbamates (subject to hydrolysis) is 1. The normalized spacial score (nSPS) is 10.0. The summed E-state index contributed by atoms with van der Waals surface area (Å²) in [6.07, 6.45) is -0.538. The first-order chi connectivity index (χ1) is 10.6. The lowest BCUT2D eigenvalue weighted by molar-refractivity contribution is 0.0696. The molecule has 0 heterocycles. The van der Waals surface area contributed by atoms with Gasteiger partial charge in [-0.2, -0.15) is 0 Å². The van der Waals surface area contributed by atoms with Gasteiger partial charge in [-0.05, 0) is 35.7 Å². The van der Waals surface area contributed by atoms with E-state index in [2.05, 4.69) is 5.32 Å². The Hall–Kier alpha value is -2.82. The fourth-order valence-corrected chi connectivity index (χ4v) is 1.94. The molecule has 5 heteroatoms. The minimum Gasteiger partial charge on any atom is -0.478 e. The molecule has 0 spiro atoms. The van der Waals surface area contributed by atoms with E-state index in [0.29, 0.717) is 0 Å². The van der Waals surface area contributed by atoms with E-state index >= 15 is 0 Å². The van der Waals surface area contributed by atoms with Crippen LogP contribution in [-0.4, -0.2) is 17.2 Å². The summed E-state index contributed by atoms with van der Waals surface area (Å²) in [5.74, 6) is -0.993. The minimum absolute atomic E-state index is 0.194. The van der Waals surface area contributed by atoms with Crippen LogP contribution in [0.25, 0.3) is 0 Å². The van der Waals surface area contributed by atoms with E-state index in [1.54, 1.807) is 12.1 Å². The monoisotopic (exact) mass is 299 g/mol. The van der Waals surface area contributed by atoms with Crippen molar-refractivity contribution < 1.29 is 19.4 Å². The third-order valence-corrected chi connectivity index (χ3v) is 3.23. The largest absolute Gasteiger partial charge is 0.478 e. The van der Waals surface area contributed by atoms with Gasteiger partial charge in [-0.1, -0.05) is 36.4 Å². The number of carboxylic acid groups (broad SMARTS) is 1. The molecule has 0 aliphatic heterocycles. The number of aryl methyl sites for hydroxylation is 1. The van der Waals surface area contributed by atoms with Gasteiger partial charge in [0.05, 0.1) is 5.56 Å². The highest BCUT2D eigenvalue weighted by Crippen LogP contribution is 2.11. The molecule has 0 aliphatic rings. The Bertz CT molecular complexity index is 668. The Balaban J connectivity index is 1.88. The number of carbonyl (C=O) groups is 2. The average molecular weight is 299 g/mol. The molecule has 2 N–H and O–H groups in total. The van der Waals surface area contributed by atoms with Crippen LogP contribution in [0, 0.1) is 6.92 Å². The average Bonchev–Trinajstić information content (AvgIpc) is 2.53. The van der Waals surface area contributed by atoms with Crippen LogP contribution in [-0.2, 0) is 17.9 Å². The second-order valence-electron chi connectivity index (χ2n) is 4.86. The van der Waals surface area contributed by atoms with E-state index in [-0.39, 0.29) is 18.7 Å². The van der Waals surface area contributed by atoms with Crippen molar-refractivity contribution in [3.05, 3.63) is 70.8 Å². The first kappa shape index (κ1) is 15.6. The van der Waals surface area contributed by atoms with Crippen LogP contribution in [0.4, 0.5) is 4.79 Å². The molecule has 0 aliphatic carbocycles. The van der Waals surface area contributed by atoms with Gasteiger partial charge < -0.3 is 15.2 Å². The van der Waals surface area contributed by atoms with Crippen molar-refractivity contribution in [1.29, 1.82) is 0 Å². The van der Waals surface area contributed by atoms with E-state index in [1.165, 1.54) is 6.07 Å². The summed E-state index contributed by atoms with van der Waals surface area (Å²) in [7, 11) is 0. The number of hydrogen-bond acceptors (Lipinski definition) is 3. The Kier molecular flexibility index (Phi) is 5.14. The fraction of sp³-hybridized carbons (Fsp3) is 0.176. The third kappa shape index (κ3) is 4.34. The van der Waals surface area contributed by atoms with E-state index in [0.717, 1.165) is 16.7 Å². The quantitative estimate of drug-likeness (QED) is 0.889. The zero-order chi connectivity index (χ0) is 15.9. The second-order valence-corrected chi connectivity index (χ2v) is 4.86. The van der Waals surface area contributed by atoms with Crippen LogP contribution in [0.15, 0.2) is 48.5 Å². The summed E-state index contributed by atoms with van der Waals surface area (Å²) >= 11 is 0. The summed E-state index contributed by atoms with van der Waals surface area (Å²) in [5.41, 5.74) is 2.76. The molecule has 0 fully saturated rings. The number of carbonyl (C=O) groups excluding carboxylic acids is 1. The first-order valence-electron chi connectivity index (χ1n) is 6.83. The van der Waals surface area contributed by atoms with Crippen LogP contribution in [0.2, 0.25) is 0 Å². The standard InChI is InChI=1S/C17H17NO4/c1-12-7-8-14(16(19)20)9-15(12)10-18-17(21)22-11-13-5-3-2-4-6-13/h2-9H,10-11H2,1H3,(H,18,21)(H,19,20). The second kappa shape index (κ2) is 7.26. The highest BCUT2D eigenvalue weighted by Gasteiger charge is 2.08. The minimum atomic E-state index is -0.993. The number of ether oxygens (including phenoxy) is 1. The zero-order valence-corrected chi connectivity index (χ0v) is 12.2. The van der Waals surface area contributed by atoms with Gasteiger partial charge in [-0.25, -0.2) is 9.59 Å². The molecule has 0 atom stereocenters. The molecule has 22 heavy (non-hydrogen) atoms. The predicted molar refractivity (Wildman–Crippen MR) is 81.6 cm³/mol. The van der Waals surface area contributed by atoms with Gasteiger partial charge >= 0.3 is 12.1 Å². The SMILES string of the molecule is Cc1ccc(C(=O)O)cc1CNC(=O)OCc1ccccc1. The molecule has 0 unspecified atom stereocenters. The van der Waals surface area contributed by atoms with Crippen molar-refractivity contribution in [2.24, 2.45) is 0 Å². The van der Waals surface area contributed by atoms with Crippen molar-refractivity contribution in [2.45, 2.75) is 20.1 Å². The number of carboxylic acids is 1. The maximum absolute atomic E-state index is 11.7. The van der Waals surface area contributed by atoms with E-state index in [4.69, 9.17) is 9.84 Å². The third-order valence-electron chi connectivity index (χ3n) is 3.23. The lowest BCUT2D eigenvalue weighted by atomic mass is 10.1. The van der Waals surface area contributed by atoms with E-state index in [9.17, 15) is 9.59 Å². The van der Waals surface area contributed by atoms with Gasteiger partial charge in [0.2, 0.25) is 0 Å². The zero-order valence-electron chi connectivity index (χ0n) is 12.2. The van der Waals surface area contributed by atoms with Crippen molar-refractivity contribution in [3.8, 4) is 0 Å². The summed E-state index contributed by atoms with van der Waals surface area (Å²) < 4.78 is 5.10. The van der Waals surface area contributed by atoms with Gasteiger partial charge in [0.25, 0.3) is 0 Å². The molecule has 114 valence electrons. The maximum atomic E-state index is 11.7. The highest BCUT2D eigenvalue weighted by atomic mass is 16.5. The van der Waals surface area contributed by atoms with E-state index < -0.39 is 12.1 Å². The summed E-state index contributed by atoms with van der Waals surface area (Å²) in [4.78, 5) is 22.6. The maximum Gasteiger partial charge on any atom is 0.407 e. The predicted octanol–water partition coefficient (Wildman–Crippen LogP) is 3.12. The summed E-state index contributed by atoms with van der Waals surface area (Å²) in [5, 5.41) is 11.6. The summed E-state index contributed by atoms with van der Waals surface area (Å²) in [6, 6.07) is 14.2. The van der Waals surface area contributed by atoms with Crippen molar-refractivity contribution >= 4 is 12.1 Å². The molecular weight excluding hydrogens is 282 g/mol. The smallest absolute Gasteiger partial charge is 0.407 e. The molecule has 2 aromatic rings. The van der Waals surface area contributed by atoms with Crippen LogP contribution in [0.3, 0.4) is 0 Å². The Morgan fingerprint density at radius 3 is 2.55 bits per heavy atom. The lowest BCUT2D eigenvalue weighted by Gasteiger charge is -2.10. The van der Waals surface area contributed by atoms with Crippen LogP contribution < -0.4 is 5.32 Å². The van der Waals surface area contributed by atoms with E-state index in [1.807, 2.05) is 37.3 Å². The Labute approximate surface area is 128 Å². The molecule has 0 radical (unpaired) electrons. The number of amides is 1. The van der Waals surface area contributed by atoms with Crippen molar-refractivity contribution in [2.75, 3.05) is 0 Å².